The summed E-state index contributed by atoms with van der Waals surface area (Å²) in [5.74, 6) is 2.13. The van der Waals surface area contributed by atoms with Gasteiger partial charge in [-0.05, 0) is 23.9 Å². The summed E-state index contributed by atoms with van der Waals surface area (Å²) in [6.07, 6.45) is 0. The molecule has 1 rings (SSSR count). The van der Waals surface area contributed by atoms with Gasteiger partial charge in [0.2, 0.25) is 5.75 Å². The van der Waals surface area contributed by atoms with Crippen molar-refractivity contribution < 1.29 is 14.2 Å². The molecule has 86 valence electrons. The molecule has 16 heavy (non-hydrogen) atoms. The highest BCUT2D eigenvalue weighted by Crippen LogP contribution is 2.43. The Morgan fingerprint density at radius 2 is 1.81 bits per heavy atom. The van der Waals surface area contributed by atoms with Crippen LogP contribution in [0.3, 0.4) is 0 Å². The lowest BCUT2D eigenvalue weighted by Crippen LogP contribution is -1.96. The van der Waals surface area contributed by atoms with Gasteiger partial charge in [0.1, 0.15) is 0 Å². The Bertz CT molecular complexity index is 401. The van der Waals surface area contributed by atoms with E-state index in [2.05, 4.69) is 4.85 Å². The molecule has 0 radical (unpaired) electrons. The van der Waals surface area contributed by atoms with Crippen molar-refractivity contribution in [3.63, 3.8) is 0 Å². The molecule has 0 aliphatic rings. The van der Waals surface area contributed by atoms with E-state index in [1.165, 1.54) is 11.8 Å². The zero-order valence-electron chi connectivity index (χ0n) is 9.44. The van der Waals surface area contributed by atoms with Crippen molar-refractivity contribution in [2.75, 3.05) is 27.2 Å². The molecule has 0 saturated carbocycles. The second kappa shape index (κ2) is 6.13. The minimum absolute atomic E-state index is 0.353. The van der Waals surface area contributed by atoms with Gasteiger partial charge in [-0.25, -0.2) is 6.57 Å². The average molecular weight is 239 g/mol. The second-order valence-corrected chi connectivity index (χ2v) is 3.75. The largest absolute Gasteiger partial charge is 0.493 e. The van der Waals surface area contributed by atoms with Gasteiger partial charge < -0.3 is 19.1 Å². The molecule has 0 atom stereocenters. The van der Waals surface area contributed by atoms with E-state index >= 15 is 0 Å². The molecule has 0 aromatic heterocycles. The zero-order chi connectivity index (χ0) is 12.0. The quantitative estimate of drug-likeness (QED) is 0.584. The van der Waals surface area contributed by atoms with Crippen molar-refractivity contribution in [3.8, 4) is 17.2 Å². The molecular weight excluding hydrogens is 226 g/mol. The predicted octanol–water partition coefficient (Wildman–Crippen LogP) is 2.68. The number of hydrogen-bond donors (Lipinski definition) is 0. The lowest BCUT2D eigenvalue weighted by molar-refractivity contribution is 0.319. The van der Waals surface area contributed by atoms with E-state index in [4.69, 9.17) is 20.8 Å². The highest BCUT2D eigenvalue weighted by Gasteiger charge is 2.16. The van der Waals surface area contributed by atoms with Crippen LogP contribution >= 0.6 is 11.8 Å². The highest BCUT2D eigenvalue weighted by molar-refractivity contribution is 7.99. The monoisotopic (exact) mass is 239 g/mol. The smallest absolute Gasteiger partial charge is 0.264 e. The van der Waals surface area contributed by atoms with Gasteiger partial charge in [-0.3, -0.25) is 0 Å². The summed E-state index contributed by atoms with van der Waals surface area (Å²) in [7, 11) is 4.70. The molecule has 0 saturated heterocycles. The lowest BCUT2D eigenvalue weighted by atomic mass is 10.3. The van der Waals surface area contributed by atoms with Gasteiger partial charge in [-0.15, -0.1) is 0 Å². The average Bonchev–Trinajstić information content (AvgIpc) is 2.34. The second-order valence-electron chi connectivity index (χ2n) is 2.76. The van der Waals surface area contributed by atoms with Crippen LogP contribution in [0.15, 0.2) is 17.0 Å². The summed E-state index contributed by atoms with van der Waals surface area (Å²) < 4.78 is 15.7. The predicted molar refractivity (Wildman–Crippen MR) is 63.4 cm³/mol. The van der Waals surface area contributed by atoms with Gasteiger partial charge in [-0.2, -0.15) is 0 Å². The van der Waals surface area contributed by atoms with Crippen LogP contribution in [-0.4, -0.2) is 27.2 Å². The minimum atomic E-state index is 0.353. The molecule has 1 aromatic carbocycles. The van der Waals surface area contributed by atoms with Crippen molar-refractivity contribution >= 4 is 11.8 Å². The number of rotatable bonds is 5. The fourth-order valence-electron chi connectivity index (χ4n) is 1.29. The summed E-state index contributed by atoms with van der Waals surface area (Å²) in [6.45, 7) is 6.76. The molecule has 0 bridgehead atoms. The van der Waals surface area contributed by atoms with Gasteiger partial charge >= 0.3 is 0 Å². The first kappa shape index (κ1) is 12.5. The molecule has 0 aliphatic carbocycles. The van der Waals surface area contributed by atoms with Gasteiger partial charge in [-0.1, -0.05) is 0 Å². The fraction of sp³-hybridized carbons (Fsp3) is 0.364. The first-order valence-electron chi connectivity index (χ1n) is 4.53. The van der Waals surface area contributed by atoms with Crippen molar-refractivity contribution in [3.05, 3.63) is 23.5 Å². The summed E-state index contributed by atoms with van der Waals surface area (Å²) >= 11 is 1.41. The van der Waals surface area contributed by atoms with Crippen LogP contribution < -0.4 is 14.2 Å². The van der Waals surface area contributed by atoms with Crippen molar-refractivity contribution in [2.24, 2.45) is 0 Å². The molecule has 1 aromatic rings. The third kappa shape index (κ3) is 2.52. The van der Waals surface area contributed by atoms with Crippen LogP contribution in [0.5, 0.6) is 17.2 Å². The molecule has 0 fully saturated rings. The van der Waals surface area contributed by atoms with Gasteiger partial charge in [0, 0.05) is 0 Å². The number of ether oxygens (including phenoxy) is 3. The Balaban J connectivity index is 3.16. The standard InChI is InChI=1S/C11H13NO3S/c1-12-7-16-9-6-5-8(13-2)10(14-3)11(9)15-4/h5-6H,7H2,2-4H3. The van der Waals surface area contributed by atoms with Crippen molar-refractivity contribution in [2.45, 2.75) is 4.90 Å². The summed E-state index contributed by atoms with van der Waals surface area (Å²) in [6, 6.07) is 3.66. The first-order valence-corrected chi connectivity index (χ1v) is 5.52. The van der Waals surface area contributed by atoms with Crippen LogP contribution in [-0.2, 0) is 0 Å². The summed E-state index contributed by atoms with van der Waals surface area (Å²) in [5.41, 5.74) is 0. The third-order valence-corrected chi connectivity index (χ3v) is 2.84. The van der Waals surface area contributed by atoms with E-state index in [0.717, 1.165) is 4.90 Å². The van der Waals surface area contributed by atoms with Gasteiger partial charge in [0.25, 0.3) is 5.88 Å². The minimum Gasteiger partial charge on any atom is -0.493 e. The molecule has 0 aliphatic heterocycles. The Hall–Kier alpha value is -1.54. The Morgan fingerprint density at radius 1 is 1.12 bits per heavy atom. The number of nitrogens with zero attached hydrogens (tertiary/aromatic N) is 1. The van der Waals surface area contributed by atoms with Crippen LogP contribution in [0.25, 0.3) is 4.85 Å². The number of benzene rings is 1. The Morgan fingerprint density at radius 3 is 2.31 bits per heavy atom. The maximum absolute atomic E-state index is 6.76. The van der Waals surface area contributed by atoms with Crippen molar-refractivity contribution in [1.29, 1.82) is 0 Å². The van der Waals surface area contributed by atoms with Crippen LogP contribution in [0.2, 0.25) is 0 Å². The number of hydrogen-bond acceptors (Lipinski definition) is 4. The summed E-state index contributed by atoms with van der Waals surface area (Å²) in [5, 5.41) is 0. The van der Waals surface area contributed by atoms with Crippen LogP contribution in [0.1, 0.15) is 0 Å². The van der Waals surface area contributed by atoms with Gasteiger partial charge in [0.15, 0.2) is 11.5 Å². The molecule has 0 spiro atoms. The van der Waals surface area contributed by atoms with E-state index in [0.29, 0.717) is 23.1 Å². The Labute approximate surface area is 99.3 Å². The SMILES string of the molecule is [C-]#[N+]CSc1ccc(OC)c(OC)c1OC. The summed E-state index contributed by atoms with van der Waals surface area (Å²) in [4.78, 5) is 4.16. The van der Waals surface area contributed by atoms with E-state index in [9.17, 15) is 0 Å². The maximum atomic E-state index is 6.76. The third-order valence-electron chi connectivity index (χ3n) is 1.95. The van der Waals surface area contributed by atoms with Crippen molar-refractivity contribution in [1.82, 2.24) is 0 Å². The molecule has 5 heteroatoms. The zero-order valence-corrected chi connectivity index (χ0v) is 10.3. The van der Waals surface area contributed by atoms with E-state index in [1.54, 1.807) is 27.4 Å². The maximum Gasteiger partial charge on any atom is 0.264 e. The van der Waals surface area contributed by atoms with E-state index in [-0.39, 0.29) is 0 Å². The van der Waals surface area contributed by atoms with E-state index in [1.807, 2.05) is 6.07 Å². The number of thioether (sulfide) groups is 1. The van der Waals surface area contributed by atoms with Crippen LogP contribution in [0, 0.1) is 6.57 Å². The normalized spacial score (nSPS) is 9.38. The molecular formula is C11H13NO3S. The molecule has 4 nitrogen and oxygen atoms in total. The Kier molecular flexibility index (Phi) is 4.80. The lowest BCUT2D eigenvalue weighted by Gasteiger charge is -2.14. The van der Waals surface area contributed by atoms with Crippen LogP contribution in [0.4, 0.5) is 0 Å². The number of methoxy groups -OCH3 is 3. The molecule has 0 unspecified atom stereocenters. The first-order chi connectivity index (χ1) is 7.78. The molecule has 0 heterocycles. The topological polar surface area (TPSA) is 32.0 Å². The molecule has 0 N–H and O–H groups in total. The highest BCUT2D eigenvalue weighted by atomic mass is 32.2. The molecule has 0 amide bonds. The van der Waals surface area contributed by atoms with E-state index < -0.39 is 0 Å². The fourth-order valence-corrected chi connectivity index (χ4v) is 1.96. The van der Waals surface area contributed by atoms with Gasteiger partial charge in [0.05, 0.1) is 26.2 Å².